The molecule has 1 nitrogen and oxygen atoms in total. The summed E-state index contributed by atoms with van der Waals surface area (Å²) in [4.78, 5) is 3.84. The highest BCUT2D eigenvalue weighted by molar-refractivity contribution is 7.99. The second-order valence-corrected chi connectivity index (χ2v) is 17.3. The third-order valence-electron chi connectivity index (χ3n) is 12.3. The van der Waals surface area contributed by atoms with Crippen molar-refractivity contribution in [1.82, 2.24) is 0 Å². The molecule has 0 N–H and O–H groups in total. The molecule has 6 aromatic carbocycles. The predicted octanol–water partition coefficient (Wildman–Crippen LogP) is 17.4. The Bertz CT molecular complexity index is 2600. The van der Waals surface area contributed by atoms with E-state index in [0.717, 1.165) is 24.8 Å². The van der Waals surface area contributed by atoms with Crippen molar-refractivity contribution in [3.05, 3.63) is 222 Å². The average molecular weight is 816 g/mol. The lowest BCUT2D eigenvalue weighted by atomic mass is 9.78. The maximum atomic E-state index is 4.45. The quantitative estimate of drug-likeness (QED) is 0.159. The summed E-state index contributed by atoms with van der Waals surface area (Å²) in [6.45, 7) is 22.6. The molecule has 61 heavy (non-hydrogen) atoms. The highest BCUT2D eigenvalue weighted by Gasteiger charge is 2.46. The first-order valence-corrected chi connectivity index (χ1v) is 23.1. The summed E-state index contributed by atoms with van der Waals surface area (Å²) < 4.78 is 0. The molecule has 308 valence electrons. The van der Waals surface area contributed by atoms with Gasteiger partial charge in [-0.05, 0) is 135 Å². The Labute approximate surface area is 371 Å². The van der Waals surface area contributed by atoms with Gasteiger partial charge >= 0.3 is 0 Å². The minimum atomic E-state index is -0.0474. The Balaban J connectivity index is 0.000000759. The van der Waals surface area contributed by atoms with E-state index in [1.807, 2.05) is 46.4 Å². The van der Waals surface area contributed by atoms with Gasteiger partial charge in [0.25, 0.3) is 0 Å². The van der Waals surface area contributed by atoms with E-state index in [1.54, 1.807) is 6.08 Å². The van der Waals surface area contributed by atoms with E-state index in [0.29, 0.717) is 11.2 Å². The zero-order valence-electron chi connectivity index (χ0n) is 37.2. The lowest BCUT2D eigenvalue weighted by molar-refractivity contribution is 0.414. The van der Waals surface area contributed by atoms with Crippen LogP contribution in [0.3, 0.4) is 0 Å². The van der Waals surface area contributed by atoms with Crippen LogP contribution >= 0.6 is 11.8 Å². The number of hydrogen-bond acceptors (Lipinski definition) is 2. The first kappa shape index (κ1) is 43.3. The third kappa shape index (κ3) is 8.44. The molecule has 0 spiro atoms. The molecule has 2 heteroatoms. The Kier molecular flexibility index (Phi) is 13.7. The van der Waals surface area contributed by atoms with Crippen LogP contribution < -0.4 is 4.90 Å². The zero-order chi connectivity index (χ0) is 43.1. The SMILES string of the molecule is C=C1/C=C\C2C(Sc3ccccc31)c1ccc(N(C3=CC=C(c4ccccc4)CC3)c3ccc(-c4cccc5c4Cc4ccccc4-5)cc3)cc1C2(C)C.C=CC.CC.CC. The lowest BCUT2D eigenvalue weighted by Gasteiger charge is -2.32. The summed E-state index contributed by atoms with van der Waals surface area (Å²) in [6, 6.07) is 51.9. The molecule has 2 atom stereocenters. The Hall–Kier alpha value is -5.83. The van der Waals surface area contributed by atoms with Crippen LogP contribution in [0.4, 0.5) is 11.4 Å². The molecule has 0 fully saturated rings. The van der Waals surface area contributed by atoms with Gasteiger partial charge in [0.05, 0.1) is 0 Å². The Morgan fingerprint density at radius 1 is 0.656 bits per heavy atom. The van der Waals surface area contributed by atoms with Gasteiger partial charge in [-0.25, -0.2) is 0 Å². The number of benzene rings is 6. The first-order valence-electron chi connectivity index (χ1n) is 22.3. The van der Waals surface area contributed by atoms with E-state index >= 15 is 0 Å². The fourth-order valence-electron chi connectivity index (χ4n) is 9.40. The van der Waals surface area contributed by atoms with Crippen LogP contribution in [0.25, 0.3) is 33.4 Å². The third-order valence-corrected chi connectivity index (χ3v) is 13.7. The number of allylic oxidation sites excluding steroid dienone is 8. The monoisotopic (exact) mass is 815 g/mol. The molecule has 10 rings (SSSR count). The summed E-state index contributed by atoms with van der Waals surface area (Å²) in [5, 5.41) is 0.339. The van der Waals surface area contributed by atoms with Crippen molar-refractivity contribution >= 4 is 34.3 Å². The second-order valence-electron chi connectivity index (χ2n) is 16.1. The lowest BCUT2D eigenvalue weighted by Crippen LogP contribution is -2.24. The smallest absolute Gasteiger partial charge is 0.0461 e. The fraction of sp³-hybridized carbons (Fsp3) is 0.220. The summed E-state index contributed by atoms with van der Waals surface area (Å²) in [6.07, 6.45) is 14.1. The van der Waals surface area contributed by atoms with E-state index in [-0.39, 0.29) is 5.41 Å². The van der Waals surface area contributed by atoms with Crippen molar-refractivity contribution < 1.29 is 0 Å². The summed E-state index contributed by atoms with van der Waals surface area (Å²) in [5.74, 6) is 0.356. The first-order chi connectivity index (χ1) is 29.9. The van der Waals surface area contributed by atoms with Crippen molar-refractivity contribution in [3.63, 3.8) is 0 Å². The van der Waals surface area contributed by atoms with Gasteiger partial charge in [-0.15, -0.1) is 18.3 Å². The maximum absolute atomic E-state index is 4.45. The zero-order valence-corrected chi connectivity index (χ0v) is 38.0. The number of thioether (sulfide) groups is 1. The molecule has 0 saturated heterocycles. The fourth-order valence-corrected chi connectivity index (χ4v) is 11.1. The number of rotatable bonds is 5. The number of nitrogens with zero attached hydrogens (tertiary/aromatic N) is 1. The molecular formula is C59H61NS. The van der Waals surface area contributed by atoms with Crippen molar-refractivity contribution in [2.45, 2.75) is 83.3 Å². The van der Waals surface area contributed by atoms with Gasteiger partial charge in [0.15, 0.2) is 0 Å². The highest BCUT2D eigenvalue weighted by atomic mass is 32.2. The van der Waals surface area contributed by atoms with Crippen molar-refractivity contribution in [2.75, 3.05) is 4.90 Å². The number of anilines is 2. The van der Waals surface area contributed by atoms with Gasteiger partial charge in [-0.3, -0.25) is 0 Å². The predicted molar refractivity (Wildman–Crippen MR) is 269 cm³/mol. The maximum Gasteiger partial charge on any atom is 0.0461 e. The van der Waals surface area contributed by atoms with Crippen LogP contribution in [-0.4, -0.2) is 0 Å². The van der Waals surface area contributed by atoms with Crippen LogP contribution in [-0.2, 0) is 11.8 Å². The summed E-state index contributed by atoms with van der Waals surface area (Å²) in [5.41, 5.74) is 19.8. The van der Waals surface area contributed by atoms with Gasteiger partial charge in [0.2, 0.25) is 0 Å². The molecule has 3 aliphatic carbocycles. The summed E-state index contributed by atoms with van der Waals surface area (Å²) >= 11 is 2.01. The van der Waals surface area contributed by atoms with Gasteiger partial charge in [-0.2, -0.15) is 0 Å². The van der Waals surface area contributed by atoms with E-state index in [4.69, 9.17) is 0 Å². The molecule has 0 bridgehead atoms. The Morgan fingerprint density at radius 2 is 1.30 bits per heavy atom. The molecule has 0 radical (unpaired) electrons. The summed E-state index contributed by atoms with van der Waals surface area (Å²) in [7, 11) is 0. The van der Waals surface area contributed by atoms with Crippen LogP contribution in [0.5, 0.6) is 0 Å². The minimum absolute atomic E-state index is 0.0474. The minimum Gasteiger partial charge on any atom is -0.314 e. The Morgan fingerprint density at radius 3 is 2.02 bits per heavy atom. The van der Waals surface area contributed by atoms with Gasteiger partial charge in [0, 0.05) is 33.1 Å². The van der Waals surface area contributed by atoms with Crippen LogP contribution in [0.2, 0.25) is 0 Å². The van der Waals surface area contributed by atoms with Gasteiger partial charge < -0.3 is 4.90 Å². The molecule has 2 unspecified atom stereocenters. The highest BCUT2D eigenvalue weighted by Crippen LogP contribution is 2.59. The second kappa shape index (κ2) is 19.3. The molecule has 0 amide bonds. The van der Waals surface area contributed by atoms with Crippen LogP contribution in [0.1, 0.15) is 99.9 Å². The van der Waals surface area contributed by atoms with Crippen molar-refractivity contribution in [2.24, 2.45) is 5.92 Å². The largest absolute Gasteiger partial charge is 0.314 e. The van der Waals surface area contributed by atoms with E-state index in [1.165, 1.54) is 83.2 Å². The number of fused-ring (bicyclic) bond motifs is 7. The molecule has 6 aromatic rings. The molecule has 1 aliphatic heterocycles. The molecule has 0 saturated carbocycles. The van der Waals surface area contributed by atoms with Crippen molar-refractivity contribution in [3.8, 4) is 22.3 Å². The van der Waals surface area contributed by atoms with Crippen LogP contribution in [0.15, 0.2) is 194 Å². The topological polar surface area (TPSA) is 3.24 Å². The van der Waals surface area contributed by atoms with E-state index in [9.17, 15) is 0 Å². The van der Waals surface area contributed by atoms with Gasteiger partial charge in [0.1, 0.15) is 0 Å². The average Bonchev–Trinajstić information content (AvgIpc) is 3.78. The standard InChI is InChI=1S/C52H43NS.C3H6.2C2H6/c1-34-20-31-48-51(54-50-19-10-9-15-42(34)50)46-30-29-41(33-49(46)52(48,2)3)53(39-25-21-36(22-26-39)35-12-5-4-6-13-35)40-27-23-37(24-28-40)43-17-11-18-45-44-16-8-7-14-38(44)32-47(43)45;1-3-2;2*1-2/h4-21,23-25,27-31,33,48,51H,1,22,26,32H2,2-3H3;3H,1H2,2H3;2*1-2H3/b31-20-;;;. The number of hydrogen-bond donors (Lipinski definition) is 0. The molecular weight excluding hydrogens is 755 g/mol. The van der Waals surface area contributed by atoms with E-state index in [2.05, 4.69) is 196 Å². The van der Waals surface area contributed by atoms with Crippen LogP contribution in [0, 0.1) is 5.92 Å². The van der Waals surface area contributed by atoms with E-state index < -0.39 is 0 Å². The molecule has 1 heterocycles. The van der Waals surface area contributed by atoms with Crippen molar-refractivity contribution in [1.29, 1.82) is 0 Å². The molecule has 4 aliphatic rings. The van der Waals surface area contributed by atoms with Gasteiger partial charge in [-0.1, -0.05) is 182 Å². The normalized spacial score (nSPS) is 17.7. The molecule has 0 aromatic heterocycles.